The summed E-state index contributed by atoms with van der Waals surface area (Å²) in [7, 11) is 0. The van der Waals surface area contributed by atoms with Gasteiger partial charge in [-0.2, -0.15) is 0 Å². The molecule has 0 saturated heterocycles. The molecule has 0 bridgehead atoms. The smallest absolute Gasteiger partial charge is 0.251 e. The van der Waals surface area contributed by atoms with Crippen molar-refractivity contribution in [2.75, 3.05) is 12.4 Å². The summed E-state index contributed by atoms with van der Waals surface area (Å²) in [4.78, 5) is 11.7. The van der Waals surface area contributed by atoms with Crippen LogP contribution in [0.25, 0.3) is 0 Å². The molecule has 1 amide bonds. The zero-order valence-corrected chi connectivity index (χ0v) is 9.26. The van der Waals surface area contributed by atoms with Crippen LogP contribution in [-0.4, -0.2) is 18.3 Å². The van der Waals surface area contributed by atoms with Crippen LogP contribution in [0.1, 0.15) is 23.2 Å². The van der Waals surface area contributed by atoms with Gasteiger partial charge in [0.1, 0.15) is 0 Å². The predicted molar refractivity (Wildman–Crippen MR) is 61.2 cm³/mol. The Bertz CT molecular complexity index is 346. The van der Waals surface area contributed by atoms with Crippen molar-refractivity contribution >= 4 is 17.5 Å². The van der Waals surface area contributed by atoms with Crippen LogP contribution in [0, 0.1) is 5.41 Å². The number of alkyl halides is 1. The van der Waals surface area contributed by atoms with E-state index in [1.165, 1.54) is 0 Å². The molecule has 1 fully saturated rings. The zero-order valence-electron chi connectivity index (χ0n) is 8.50. The van der Waals surface area contributed by atoms with E-state index >= 15 is 0 Å². The second-order valence-corrected chi connectivity index (χ2v) is 4.45. The summed E-state index contributed by atoms with van der Waals surface area (Å²) in [6, 6.07) is 9.26. The molecule has 0 atom stereocenters. The molecule has 15 heavy (non-hydrogen) atoms. The minimum absolute atomic E-state index is 0.00742. The van der Waals surface area contributed by atoms with Gasteiger partial charge in [0.05, 0.1) is 0 Å². The second kappa shape index (κ2) is 4.23. The summed E-state index contributed by atoms with van der Waals surface area (Å²) < 4.78 is 0. The SMILES string of the molecule is O=C(NCC1(CCl)CC1)c1ccccc1. The van der Waals surface area contributed by atoms with Crippen molar-refractivity contribution in [1.82, 2.24) is 5.32 Å². The Balaban J connectivity index is 1.88. The van der Waals surface area contributed by atoms with Crippen molar-refractivity contribution in [1.29, 1.82) is 0 Å². The minimum Gasteiger partial charge on any atom is -0.351 e. The molecule has 0 heterocycles. The van der Waals surface area contributed by atoms with Crippen LogP contribution in [0.2, 0.25) is 0 Å². The van der Waals surface area contributed by atoms with Gasteiger partial charge in [0.2, 0.25) is 0 Å². The van der Waals surface area contributed by atoms with E-state index in [-0.39, 0.29) is 11.3 Å². The number of hydrogen-bond donors (Lipinski definition) is 1. The first-order valence-corrected chi connectivity index (χ1v) is 5.68. The number of halogens is 1. The fourth-order valence-electron chi connectivity index (χ4n) is 1.49. The average molecular weight is 224 g/mol. The third kappa shape index (κ3) is 2.51. The number of carbonyl (C=O) groups excluding carboxylic acids is 1. The summed E-state index contributed by atoms with van der Waals surface area (Å²) in [5.41, 5.74) is 0.897. The average Bonchev–Trinajstić information content (AvgIpc) is 3.08. The molecule has 80 valence electrons. The van der Waals surface area contributed by atoms with Gasteiger partial charge in [0.25, 0.3) is 5.91 Å². The largest absolute Gasteiger partial charge is 0.351 e. The van der Waals surface area contributed by atoms with E-state index in [9.17, 15) is 4.79 Å². The van der Waals surface area contributed by atoms with E-state index in [1.807, 2.05) is 30.3 Å². The minimum atomic E-state index is -0.00742. The molecule has 1 saturated carbocycles. The van der Waals surface area contributed by atoms with E-state index in [4.69, 9.17) is 11.6 Å². The third-order valence-corrected chi connectivity index (χ3v) is 3.47. The maximum Gasteiger partial charge on any atom is 0.251 e. The number of amides is 1. The number of benzene rings is 1. The van der Waals surface area contributed by atoms with Gasteiger partial charge in [-0.1, -0.05) is 18.2 Å². The number of nitrogens with one attached hydrogen (secondary N) is 1. The van der Waals surface area contributed by atoms with Gasteiger partial charge in [0.15, 0.2) is 0 Å². The molecule has 1 N–H and O–H groups in total. The molecule has 1 aromatic carbocycles. The molecule has 1 aliphatic rings. The van der Waals surface area contributed by atoms with Gasteiger partial charge in [-0.05, 0) is 25.0 Å². The Labute approximate surface area is 94.6 Å². The monoisotopic (exact) mass is 223 g/mol. The number of hydrogen-bond acceptors (Lipinski definition) is 1. The van der Waals surface area contributed by atoms with Crippen molar-refractivity contribution < 1.29 is 4.79 Å². The Morgan fingerprint density at radius 1 is 1.33 bits per heavy atom. The van der Waals surface area contributed by atoms with Gasteiger partial charge < -0.3 is 5.32 Å². The van der Waals surface area contributed by atoms with Gasteiger partial charge >= 0.3 is 0 Å². The van der Waals surface area contributed by atoms with Gasteiger partial charge in [-0.25, -0.2) is 0 Å². The molecule has 0 radical (unpaired) electrons. The quantitative estimate of drug-likeness (QED) is 0.781. The van der Waals surface area contributed by atoms with Gasteiger partial charge in [-0.3, -0.25) is 4.79 Å². The fraction of sp³-hybridized carbons (Fsp3) is 0.417. The van der Waals surface area contributed by atoms with E-state index in [0.29, 0.717) is 18.0 Å². The van der Waals surface area contributed by atoms with Crippen molar-refractivity contribution in [2.24, 2.45) is 5.41 Å². The summed E-state index contributed by atoms with van der Waals surface area (Å²) >= 11 is 5.83. The van der Waals surface area contributed by atoms with Crippen LogP contribution in [0.5, 0.6) is 0 Å². The standard InChI is InChI=1S/C12H14ClNO/c13-8-12(6-7-12)9-14-11(15)10-4-2-1-3-5-10/h1-5H,6-9H2,(H,14,15). The van der Waals surface area contributed by atoms with Crippen LogP contribution >= 0.6 is 11.6 Å². The lowest BCUT2D eigenvalue weighted by molar-refractivity contribution is 0.0946. The summed E-state index contributed by atoms with van der Waals surface area (Å²) in [6.07, 6.45) is 2.26. The van der Waals surface area contributed by atoms with Crippen molar-refractivity contribution in [3.63, 3.8) is 0 Å². The highest BCUT2D eigenvalue weighted by atomic mass is 35.5. The van der Waals surface area contributed by atoms with Crippen molar-refractivity contribution in [3.05, 3.63) is 35.9 Å². The highest BCUT2D eigenvalue weighted by molar-refractivity contribution is 6.18. The van der Waals surface area contributed by atoms with Crippen LogP contribution in [0.3, 0.4) is 0 Å². The van der Waals surface area contributed by atoms with E-state index in [1.54, 1.807) is 0 Å². The second-order valence-electron chi connectivity index (χ2n) is 4.18. The molecular formula is C12H14ClNO. The predicted octanol–water partition coefficient (Wildman–Crippen LogP) is 2.44. The lowest BCUT2D eigenvalue weighted by Gasteiger charge is -2.12. The summed E-state index contributed by atoms with van der Waals surface area (Å²) in [5, 5.41) is 2.93. The normalized spacial score (nSPS) is 17.1. The molecule has 2 nitrogen and oxygen atoms in total. The molecule has 0 unspecified atom stereocenters. The van der Waals surface area contributed by atoms with Crippen LogP contribution < -0.4 is 5.32 Å². The molecule has 1 aliphatic carbocycles. The zero-order chi connectivity index (χ0) is 10.7. The number of carbonyl (C=O) groups is 1. The Morgan fingerprint density at radius 3 is 2.53 bits per heavy atom. The van der Waals surface area contributed by atoms with Crippen molar-refractivity contribution in [2.45, 2.75) is 12.8 Å². The lowest BCUT2D eigenvalue weighted by Crippen LogP contribution is -2.30. The molecule has 0 aromatic heterocycles. The molecule has 0 spiro atoms. The Hall–Kier alpha value is -1.02. The maximum absolute atomic E-state index is 11.7. The third-order valence-electron chi connectivity index (χ3n) is 2.90. The van der Waals surface area contributed by atoms with Gasteiger partial charge in [-0.15, -0.1) is 11.6 Å². The van der Waals surface area contributed by atoms with E-state index in [2.05, 4.69) is 5.32 Å². The highest BCUT2D eigenvalue weighted by Gasteiger charge is 2.41. The first-order valence-electron chi connectivity index (χ1n) is 5.15. The first-order chi connectivity index (χ1) is 7.26. The summed E-state index contributed by atoms with van der Waals surface area (Å²) in [6.45, 7) is 0.699. The van der Waals surface area contributed by atoms with Crippen molar-refractivity contribution in [3.8, 4) is 0 Å². The highest BCUT2D eigenvalue weighted by Crippen LogP contribution is 2.45. The first kappa shape index (κ1) is 10.5. The summed E-state index contributed by atoms with van der Waals surface area (Å²) in [5.74, 6) is 0.634. The molecular weight excluding hydrogens is 210 g/mol. The lowest BCUT2D eigenvalue weighted by atomic mass is 10.1. The molecule has 1 aromatic rings. The van der Waals surface area contributed by atoms with Gasteiger partial charge in [0, 0.05) is 23.4 Å². The Morgan fingerprint density at radius 2 is 2.00 bits per heavy atom. The van der Waals surface area contributed by atoms with E-state index in [0.717, 1.165) is 12.8 Å². The van der Waals surface area contributed by atoms with E-state index < -0.39 is 0 Å². The number of rotatable bonds is 4. The molecule has 2 rings (SSSR count). The molecule has 3 heteroatoms. The topological polar surface area (TPSA) is 29.1 Å². The molecule has 0 aliphatic heterocycles. The van der Waals surface area contributed by atoms with Crippen LogP contribution in [0.15, 0.2) is 30.3 Å². The Kier molecular flexibility index (Phi) is 2.96. The van der Waals surface area contributed by atoms with Crippen LogP contribution in [-0.2, 0) is 0 Å². The maximum atomic E-state index is 11.7. The van der Waals surface area contributed by atoms with Crippen LogP contribution in [0.4, 0.5) is 0 Å². The fourth-order valence-corrected chi connectivity index (χ4v) is 1.86.